The summed E-state index contributed by atoms with van der Waals surface area (Å²) in [5.41, 5.74) is -3.32. The molecule has 0 radical (unpaired) electrons. The third-order valence-corrected chi connectivity index (χ3v) is 3.37. The van der Waals surface area contributed by atoms with Crippen molar-refractivity contribution in [2.24, 2.45) is 7.05 Å². The van der Waals surface area contributed by atoms with Crippen molar-refractivity contribution in [3.05, 3.63) is 17.5 Å². The summed E-state index contributed by atoms with van der Waals surface area (Å²) >= 11 is 0. The summed E-state index contributed by atoms with van der Waals surface area (Å²) in [5, 5.41) is 5.46. The summed E-state index contributed by atoms with van der Waals surface area (Å²) in [6.07, 6.45) is -5.19. The zero-order chi connectivity index (χ0) is 20.1. The second-order valence-electron chi connectivity index (χ2n) is 5.43. The molecule has 1 aromatic heterocycles. The largest absolute Gasteiger partial charge is 0.464 e. The second kappa shape index (κ2) is 8.19. The molecular formula is C15H20F3N3O5. The van der Waals surface area contributed by atoms with E-state index in [1.54, 1.807) is 0 Å². The predicted molar refractivity (Wildman–Crippen MR) is 81.7 cm³/mol. The Morgan fingerprint density at radius 3 is 2.04 bits per heavy atom. The van der Waals surface area contributed by atoms with Crippen LogP contribution in [0.25, 0.3) is 0 Å². The fourth-order valence-electron chi connectivity index (χ4n) is 2.03. The average Bonchev–Trinajstić information content (AvgIpc) is 2.88. The van der Waals surface area contributed by atoms with E-state index in [4.69, 9.17) is 9.47 Å². The minimum Gasteiger partial charge on any atom is -0.464 e. The Balaban J connectivity index is 2.99. The maximum atomic E-state index is 12.7. The highest BCUT2D eigenvalue weighted by Gasteiger charge is 2.46. The van der Waals surface area contributed by atoms with Gasteiger partial charge in [0.05, 0.1) is 19.6 Å². The molecule has 0 spiro atoms. The molecule has 1 aromatic rings. The molecule has 11 heteroatoms. The van der Waals surface area contributed by atoms with E-state index < -0.39 is 41.7 Å². The Labute approximate surface area is 147 Å². The van der Waals surface area contributed by atoms with Crippen LogP contribution in [0.5, 0.6) is 0 Å². The van der Waals surface area contributed by atoms with Crippen molar-refractivity contribution in [1.82, 2.24) is 15.1 Å². The van der Waals surface area contributed by atoms with E-state index in [-0.39, 0.29) is 18.9 Å². The summed E-state index contributed by atoms with van der Waals surface area (Å²) in [6, 6.07) is 0.714. The molecule has 0 aliphatic rings. The lowest BCUT2D eigenvalue weighted by molar-refractivity contribution is -0.166. The number of carbonyl (C=O) groups excluding carboxylic acids is 3. The van der Waals surface area contributed by atoms with Crippen LogP contribution in [0.15, 0.2) is 6.07 Å². The molecule has 1 heterocycles. The van der Waals surface area contributed by atoms with Crippen LogP contribution in [0.1, 0.15) is 32.2 Å². The Hall–Kier alpha value is -2.59. The monoisotopic (exact) mass is 379 g/mol. The predicted octanol–water partition coefficient (Wildman–Crippen LogP) is 0.982. The summed E-state index contributed by atoms with van der Waals surface area (Å²) in [4.78, 5) is 36.3. The lowest BCUT2D eigenvalue weighted by Gasteiger charge is -2.26. The molecule has 0 aliphatic heterocycles. The smallest absolute Gasteiger partial charge is 0.435 e. The number of amides is 1. The van der Waals surface area contributed by atoms with Crippen LogP contribution in [0, 0.1) is 0 Å². The molecule has 146 valence electrons. The third kappa shape index (κ3) is 4.96. The van der Waals surface area contributed by atoms with Crippen molar-refractivity contribution < 1.29 is 37.0 Å². The molecule has 0 unspecified atom stereocenters. The number of aromatic nitrogens is 2. The van der Waals surface area contributed by atoms with Crippen molar-refractivity contribution in [1.29, 1.82) is 0 Å². The number of hydrogen-bond donors (Lipinski definition) is 1. The summed E-state index contributed by atoms with van der Waals surface area (Å²) < 4.78 is 48.5. The van der Waals surface area contributed by atoms with Crippen LogP contribution >= 0.6 is 0 Å². The van der Waals surface area contributed by atoms with Crippen LogP contribution in [-0.4, -0.2) is 46.4 Å². The van der Waals surface area contributed by atoms with E-state index in [9.17, 15) is 27.6 Å². The van der Waals surface area contributed by atoms with Crippen molar-refractivity contribution in [3.63, 3.8) is 0 Å². The fourth-order valence-corrected chi connectivity index (χ4v) is 2.03. The van der Waals surface area contributed by atoms with Gasteiger partial charge in [-0.2, -0.15) is 18.3 Å². The van der Waals surface area contributed by atoms with Gasteiger partial charge in [-0.05, 0) is 26.8 Å². The number of nitrogens with one attached hydrogen (secondary N) is 1. The van der Waals surface area contributed by atoms with E-state index >= 15 is 0 Å². The molecule has 0 aliphatic carbocycles. The number of halogens is 3. The SMILES string of the molecule is CCOC(=O)C(C)(NC(=O)Cc1cc(C(F)(F)F)nn1C)C(=O)OCC. The molecule has 1 N–H and O–H groups in total. The second-order valence-corrected chi connectivity index (χ2v) is 5.43. The van der Waals surface area contributed by atoms with Crippen LogP contribution < -0.4 is 5.32 Å². The van der Waals surface area contributed by atoms with Crippen LogP contribution in [0.2, 0.25) is 0 Å². The average molecular weight is 379 g/mol. The number of aryl methyl sites for hydroxylation is 1. The normalized spacial score (nSPS) is 11.8. The lowest BCUT2D eigenvalue weighted by Crippen LogP contribution is -2.59. The molecule has 0 aromatic carbocycles. The molecule has 0 bridgehead atoms. The number of carbonyl (C=O) groups is 3. The molecule has 1 rings (SSSR count). The van der Waals surface area contributed by atoms with Gasteiger partial charge < -0.3 is 14.8 Å². The lowest BCUT2D eigenvalue weighted by atomic mass is 10.0. The Kier molecular flexibility index (Phi) is 6.76. The van der Waals surface area contributed by atoms with Gasteiger partial charge in [0.15, 0.2) is 5.69 Å². The van der Waals surface area contributed by atoms with Crippen molar-refractivity contribution in [2.45, 2.75) is 38.9 Å². The first kappa shape index (κ1) is 21.5. The zero-order valence-electron chi connectivity index (χ0n) is 14.8. The molecule has 0 saturated heterocycles. The summed E-state index contributed by atoms with van der Waals surface area (Å²) in [5.74, 6) is -2.94. The van der Waals surface area contributed by atoms with E-state index in [1.165, 1.54) is 20.9 Å². The van der Waals surface area contributed by atoms with Gasteiger partial charge in [-0.15, -0.1) is 0 Å². The van der Waals surface area contributed by atoms with E-state index in [0.29, 0.717) is 6.07 Å². The van der Waals surface area contributed by atoms with E-state index in [0.717, 1.165) is 11.6 Å². The highest BCUT2D eigenvalue weighted by molar-refractivity contribution is 6.07. The maximum absolute atomic E-state index is 12.7. The first-order valence-electron chi connectivity index (χ1n) is 7.71. The standard InChI is InChI=1S/C15H20F3N3O5/c1-5-25-12(23)14(3,13(24)26-6-2)19-11(22)8-9-7-10(15(16,17)18)20-21(9)4/h7H,5-6,8H2,1-4H3,(H,19,22). The van der Waals surface area contributed by atoms with Crippen molar-refractivity contribution >= 4 is 17.8 Å². The first-order chi connectivity index (χ1) is 12.0. The molecular weight excluding hydrogens is 359 g/mol. The van der Waals surface area contributed by atoms with Gasteiger partial charge in [-0.1, -0.05) is 0 Å². The number of nitrogens with zero attached hydrogens (tertiary/aromatic N) is 2. The molecule has 0 atom stereocenters. The molecule has 26 heavy (non-hydrogen) atoms. The highest BCUT2D eigenvalue weighted by atomic mass is 19.4. The highest BCUT2D eigenvalue weighted by Crippen LogP contribution is 2.28. The number of rotatable bonds is 7. The number of hydrogen-bond acceptors (Lipinski definition) is 6. The first-order valence-corrected chi connectivity index (χ1v) is 7.71. The fraction of sp³-hybridized carbons (Fsp3) is 0.600. The minimum atomic E-state index is -4.66. The Morgan fingerprint density at radius 2 is 1.65 bits per heavy atom. The zero-order valence-corrected chi connectivity index (χ0v) is 14.8. The molecule has 1 amide bonds. The molecule has 8 nitrogen and oxygen atoms in total. The third-order valence-electron chi connectivity index (χ3n) is 3.37. The molecule has 0 fully saturated rings. The maximum Gasteiger partial charge on any atom is 0.435 e. The van der Waals surface area contributed by atoms with E-state index in [2.05, 4.69) is 10.4 Å². The Morgan fingerprint density at radius 1 is 1.15 bits per heavy atom. The van der Waals surface area contributed by atoms with Crippen LogP contribution in [0.3, 0.4) is 0 Å². The van der Waals surface area contributed by atoms with Gasteiger partial charge >= 0.3 is 18.1 Å². The van der Waals surface area contributed by atoms with E-state index in [1.807, 2.05) is 0 Å². The summed E-state index contributed by atoms with van der Waals surface area (Å²) in [6.45, 7) is 4.05. The van der Waals surface area contributed by atoms with Gasteiger partial charge in [0.1, 0.15) is 0 Å². The van der Waals surface area contributed by atoms with Gasteiger partial charge in [-0.3, -0.25) is 9.48 Å². The van der Waals surface area contributed by atoms with Crippen molar-refractivity contribution in [2.75, 3.05) is 13.2 Å². The Bertz CT molecular complexity index is 667. The van der Waals surface area contributed by atoms with Crippen molar-refractivity contribution in [3.8, 4) is 0 Å². The molecule has 0 saturated carbocycles. The van der Waals surface area contributed by atoms with Gasteiger partial charge in [0.25, 0.3) is 0 Å². The van der Waals surface area contributed by atoms with Gasteiger partial charge in [-0.25, -0.2) is 9.59 Å². The quantitative estimate of drug-likeness (QED) is 0.560. The topological polar surface area (TPSA) is 99.5 Å². The minimum absolute atomic E-state index is 0.0413. The number of alkyl halides is 3. The van der Waals surface area contributed by atoms with Crippen LogP contribution in [0.4, 0.5) is 13.2 Å². The van der Waals surface area contributed by atoms with Gasteiger partial charge in [0.2, 0.25) is 11.4 Å². The summed E-state index contributed by atoms with van der Waals surface area (Å²) in [7, 11) is 1.24. The van der Waals surface area contributed by atoms with Crippen LogP contribution in [-0.2, 0) is 43.5 Å². The number of esters is 2. The van der Waals surface area contributed by atoms with Gasteiger partial charge in [0, 0.05) is 12.7 Å². The number of ether oxygens (including phenoxy) is 2.